The van der Waals surface area contributed by atoms with E-state index in [4.69, 9.17) is 9.47 Å². The van der Waals surface area contributed by atoms with E-state index < -0.39 is 20.2 Å². The van der Waals surface area contributed by atoms with Crippen LogP contribution >= 0.6 is 0 Å². The fourth-order valence-corrected chi connectivity index (χ4v) is 15.3. The van der Waals surface area contributed by atoms with Gasteiger partial charge in [0.1, 0.15) is 12.2 Å². The van der Waals surface area contributed by atoms with Crippen molar-refractivity contribution in [1.82, 2.24) is 14.7 Å². The van der Waals surface area contributed by atoms with Crippen molar-refractivity contribution in [1.29, 1.82) is 0 Å². The first kappa shape index (κ1) is 98.6. The molecule has 4 unspecified atom stereocenters. The molecule has 0 aromatic carbocycles. The average Bonchev–Trinajstić information content (AvgIpc) is 0.960. The van der Waals surface area contributed by atoms with Crippen LogP contribution in [0.2, 0.25) is 0 Å². The SMILES string of the molecule is CCCCCCCCCCCCC(CN(CCC[N+](CC)(CC)CCCS(=O)(=O)[O-])CC(CCCCCCCCCCCC)OC(C)=O)OC(C)=O.CCCCCCCCCCCCC(O)CN(CCCN(CC)CC)CC(O)CCCCCCCCCCCC.O=S1(=O)CCCO1. The van der Waals surface area contributed by atoms with Gasteiger partial charge in [-0.3, -0.25) is 23.6 Å². The number of esters is 2. The summed E-state index contributed by atoms with van der Waals surface area (Å²) in [5, 5.41) is 21.6. The van der Waals surface area contributed by atoms with Crippen LogP contribution in [-0.4, -0.2) is 190 Å². The zero-order valence-electron chi connectivity index (χ0n) is 66.1. The lowest BCUT2D eigenvalue weighted by atomic mass is 10.0. The minimum atomic E-state index is -4.23. The number of hydrogen-bond acceptors (Lipinski definition) is 15. The van der Waals surface area contributed by atoms with E-state index in [0.717, 1.165) is 134 Å². The highest BCUT2D eigenvalue weighted by Crippen LogP contribution is 2.21. The fraction of sp³-hybridized carbons (Fsp3) is 0.975. The molecule has 1 aliphatic heterocycles. The second kappa shape index (κ2) is 69.9. The molecule has 0 aliphatic carbocycles. The number of hydrogen-bond donors (Lipinski definition) is 2. The molecule has 0 aromatic rings. The first-order valence-corrected chi connectivity index (χ1v) is 44.9. The second-order valence-electron chi connectivity index (χ2n) is 29.4. The van der Waals surface area contributed by atoms with Gasteiger partial charge in [0, 0.05) is 65.2 Å². The molecule has 18 heteroatoms. The average molecular weight is 1440 g/mol. The van der Waals surface area contributed by atoms with Crippen LogP contribution in [0.5, 0.6) is 0 Å². The highest BCUT2D eigenvalue weighted by atomic mass is 32.2. The van der Waals surface area contributed by atoms with Crippen LogP contribution < -0.4 is 0 Å². The van der Waals surface area contributed by atoms with Crippen LogP contribution in [0.4, 0.5) is 0 Å². The smallest absolute Gasteiger partial charge is 0.302 e. The van der Waals surface area contributed by atoms with E-state index in [1.54, 1.807) is 0 Å². The van der Waals surface area contributed by atoms with Gasteiger partial charge in [-0.1, -0.05) is 286 Å². The van der Waals surface area contributed by atoms with Crippen molar-refractivity contribution in [3.8, 4) is 0 Å². The number of rotatable bonds is 70. The quantitative estimate of drug-likeness (QED) is 0.0191. The number of nitrogens with zero attached hydrogens (tertiary/aromatic N) is 4. The van der Waals surface area contributed by atoms with Crippen molar-refractivity contribution in [2.24, 2.45) is 0 Å². The summed E-state index contributed by atoms with van der Waals surface area (Å²) in [7, 11) is -7.28. The van der Waals surface area contributed by atoms with Gasteiger partial charge in [-0.25, -0.2) is 8.42 Å². The topological polar surface area (TPSA) is 203 Å². The number of carbonyl (C=O) groups is 2. The predicted octanol–water partition coefficient (Wildman–Crippen LogP) is 19.1. The van der Waals surface area contributed by atoms with Crippen molar-refractivity contribution in [3.05, 3.63) is 0 Å². The molecular weight excluding hydrogens is 1270 g/mol. The number of ether oxygens (including phenoxy) is 2. The molecule has 1 aliphatic rings. The Kier molecular flexibility index (Phi) is 70.3. The van der Waals surface area contributed by atoms with Gasteiger partial charge in [-0.2, -0.15) is 8.42 Å². The summed E-state index contributed by atoms with van der Waals surface area (Å²) in [6.45, 7) is 32.0. The van der Waals surface area contributed by atoms with Crippen molar-refractivity contribution < 1.29 is 59.3 Å². The lowest BCUT2D eigenvalue weighted by molar-refractivity contribution is -0.925. The highest BCUT2D eigenvalue weighted by molar-refractivity contribution is 7.86. The molecule has 1 heterocycles. The normalized spacial score (nSPS) is 14.5. The van der Waals surface area contributed by atoms with E-state index in [1.807, 2.05) is 0 Å². The van der Waals surface area contributed by atoms with E-state index in [9.17, 15) is 41.2 Å². The third-order valence-corrected chi connectivity index (χ3v) is 22.3. The van der Waals surface area contributed by atoms with E-state index >= 15 is 0 Å². The van der Waals surface area contributed by atoms with Gasteiger partial charge in [0.05, 0.1) is 60.9 Å². The molecule has 2 N–H and O–H groups in total. The summed E-state index contributed by atoms with van der Waals surface area (Å²) < 4.78 is 71.1. The standard InChI is InChI=1S/C42H84N2O7S.C35H74N2O2.C3H6O3S/c1-7-11-13-15-17-19-21-23-25-27-31-41(50-39(5)45)37-43(33-29-34-44(9-3,10-4)35-30-36-52(47,48)49)38-42(51-40(6)46)32-28-26-24-22-20-18-16-14-12-8-2;1-5-9-11-13-15-17-19-21-23-25-28-34(38)32-37(31-27-30-36(7-3)8-4)33-35(39)29-26-24-22-20-18-16-14-12-10-6-2;4-7(5)3-1-2-6-7/h41-42H,7-38H2,1-6H3;34-35,38-39H,5-33H2,1-4H3;1-3H2. The summed E-state index contributed by atoms with van der Waals surface area (Å²) in [5.41, 5.74) is 0. The minimum absolute atomic E-state index is 0.201. The monoisotopic (exact) mass is 1440 g/mol. The van der Waals surface area contributed by atoms with Gasteiger partial charge in [0.15, 0.2) is 0 Å². The summed E-state index contributed by atoms with van der Waals surface area (Å²) in [4.78, 5) is 31.6. The number of quaternary nitrogens is 1. The van der Waals surface area contributed by atoms with Gasteiger partial charge >= 0.3 is 11.9 Å². The van der Waals surface area contributed by atoms with Crippen LogP contribution in [0.25, 0.3) is 0 Å². The molecule has 1 rings (SSSR count). The summed E-state index contributed by atoms with van der Waals surface area (Å²) >= 11 is 0. The van der Waals surface area contributed by atoms with Gasteiger partial charge in [0.25, 0.3) is 10.1 Å². The maximum Gasteiger partial charge on any atom is 0.302 e. The Bertz CT molecular complexity index is 1860. The van der Waals surface area contributed by atoms with Gasteiger partial charge in [-0.05, 0) is 91.4 Å². The van der Waals surface area contributed by atoms with E-state index in [-0.39, 0.29) is 47.9 Å². The Labute approximate surface area is 608 Å². The number of unbranched alkanes of at least 4 members (excludes halogenated alkanes) is 36. The number of aliphatic hydroxyl groups is 2. The Morgan fingerprint density at radius 2 is 0.724 bits per heavy atom. The van der Waals surface area contributed by atoms with Crippen molar-refractivity contribution in [3.63, 3.8) is 0 Å². The highest BCUT2D eigenvalue weighted by Gasteiger charge is 2.27. The Morgan fingerprint density at radius 3 is 1.00 bits per heavy atom. The molecule has 0 aromatic heterocycles. The number of aliphatic hydroxyl groups excluding tert-OH is 2. The molecule has 0 amide bonds. The first-order chi connectivity index (χ1) is 47.2. The molecule has 16 nitrogen and oxygen atoms in total. The van der Waals surface area contributed by atoms with Crippen LogP contribution in [0, 0.1) is 0 Å². The molecule has 1 saturated heterocycles. The van der Waals surface area contributed by atoms with Crippen molar-refractivity contribution in [2.45, 2.75) is 402 Å². The molecule has 1 fully saturated rings. The van der Waals surface area contributed by atoms with Crippen molar-refractivity contribution in [2.75, 3.05) is 103 Å². The zero-order chi connectivity index (χ0) is 73.1. The summed E-state index contributed by atoms with van der Waals surface area (Å²) in [5.74, 6) is -0.655. The molecule has 98 heavy (non-hydrogen) atoms. The van der Waals surface area contributed by atoms with Crippen LogP contribution in [-0.2, 0) is 43.5 Å². The molecule has 588 valence electrons. The lowest BCUT2D eigenvalue weighted by Gasteiger charge is -2.38. The predicted molar refractivity (Wildman–Crippen MR) is 413 cm³/mol. The Balaban J connectivity index is 0. The van der Waals surface area contributed by atoms with Gasteiger partial charge in [0.2, 0.25) is 0 Å². The Morgan fingerprint density at radius 1 is 0.429 bits per heavy atom. The lowest BCUT2D eigenvalue weighted by Crippen LogP contribution is -2.50. The van der Waals surface area contributed by atoms with E-state index in [1.165, 1.54) is 232 Å². The minimum Gasteiger partial charge on any atom is -0.748 e. The molecular formula is C80H164N4O12S2. The summed E-state index contributed by atoms with van der Waals surface area (Å²) in [6, 6.07) is 0. The fourth-order valence-electron chi connectivity index (χ4n) is 13.9. The largest absolute Gasteiger partial charge is 0.748 e. The number of carbonyl (C=O) groups excluding carboxylic acids is 2. The van der Waals surface area contributed by atoms with Crippen LogP contribution in [0.3, 0.4) is 0 Å². The van der Waals surface area contributed by atoms with Crippen LogP contribution in [0.1, 0.15) is 377 Å². The zero-order valence-corrected chi connectivity index (χ0v) is 67.8. The van der Waals surface area contributed by atoms with Crippen molar-refractivity contribution >= 4 is 32.2 Å². The van der Waals surface area contributed by atoms with Gasteiger partial charge < -0.3 is 33.6 Å². The summed E-state index contributed by atoms with van der Waals surface area (Å²) in [6.07, 6.45) is 57.2. The van der Waals surface area contributed by atoms with Crippen LogP contribution in [0.15, 0.2) is 0 Å². The maximum absolute atomic E-state index is 12.2. The molecule has 0 radical (unpaired) electrons. The maximum atomic E-state index is 12.2. The first-order valence-electron chi connectivity index (χ1n) is 41.7. The third kappa shape index (κ3) is 67.7. The van der Waals surface area contributed by atoms with E-state index in [0.29, 0.717) is 52.2 Å². The molecule has 0 spiro atoms. The van der Waals surface area contributed by atoms with E-state index in [2.05, 4.69) is 74.3 Å². The third-order valence-electron chi connectivity index (χ3n) is 20.2. The molecule has 0 bridgehead atoms. The molecule has 4 atom stereocenters. The van der Waals surface area contributed by atoms with Gasteiger partial charge in [-0.15, -0.1) is 0 Å². The second-order valence-corrected chi connectivity index (χ2v) is 32.7. The Hall–Kier alpha value is -1.48. The molecule has 0 saturated carbocycles.